The number of nitrogens with one attached hydrogen (secondary N) is 1. The van der Waals surface area contributed by atoms with E-state index in [0.717, 1.165) is 24.5 Å². The highest BCUT2D eigenvalue weighted by atomic mass is 19.4. The molecule has 0 aliphatic rings. The Morgan fingerprint density at radius 3 is 2.42 bits per heavy atom. The number of para-hydroxylation sites is 1. The zero-order valence-corrected chi connectivity index (χ0v) is 19.1. The summed E-state index contributed by atoms with van der Waals surface area (Å²) in [5.41, 5.74) is -0.748. The van der Waals surface area contributed by atoms with E-state index in [-0.39, 0.29) is 28.0 Å². The van der Waals surface area contributed by atoms with Gasteiger partial charge in [-0.15, -0.1) is 0 Å². The Kier molecular flexibility index (Phi) is 7.10. The highest BCUT2D eigenvalue weighted by molar-refractivity contribution is 5.92. The largest absolute Gasteiger partial charge is 0.484 e. The van der Waals surface area contributed by atoms with Crippen molar-refractivity contribution in [3.05, 3.63) is 94.1 Å². The second-order valence-corrected chi connectivity index (χ2v) is 8.05. The Labute approximate surface area is 203 Å². The molecule has 186 valence electrons. The third kappa shape index (κ3) is 5.40. The summed E-state index contributed by atoms with van der Waals surface area (Å²) in [6, 6.07) is 15.6. The van der Waals surface area contributed by atoms with Crippen LogP contribution in [-0.4, -0.2) is 12.5 Å². The summed E-state index contributed by atoms with van der Waals surface area (Å²) in [6.45, 7) is 1.44. The quantitative estimate of drug-likeness (QED) is 0.292. The number of carbonyl (C=O) groups excluding carboxylic acids is 1. The van der Waals surface area contributed by atoms with Gasteiger partial charge in [0.1, 0.15) is 17.1 Å². The molecule has 0 saturated carbocycles. The predicted molar refractivity (Wildman–Crippen MR) is 127 cm³/mol. The normalized spacial score (nSPS) is 11.5. The van der Waals surface area contributed by atoms with Crippen LogP contribution in [0.5, 0.6) is 5.75 Å². The highest BCUT2D eigenvalue weighted by Crippen LogP contribution is 2.38. The molecule has 0 radical (unpaired) electrons. The Morgan fingerprint density at radius 1 is 1.03 bits per heavy atom. The van der Waals surface area contributed by atoms with E-state index in [2.05, 4.69) is 5.32 Å². The van der Waals surface area contributed by atoms with Crippen LogP contribution in [0.2, 0.25) is 0 Å². The van der Waals surface area contributed by atoms with Crippen LogP contribution in [0.25, 0.3) is 22.1 Å². The van der Waals surface area contributed by atoms with Gasteiger partial charge in [-0.2, -0.15) is 13.2 Å². The van der Waals surface area contributed by atoms with E-state index in [0.29, 0.717) is 0 Å². The Morgan fingerprint density at radius 2 is 1.75 bits per heavy atom. The van der Waals surface area contributed by atoms with Crippen molar-refractivity contribution in [3.8, 4) is 16.9 Å². The maximum absolute atomic E-state index is 13.9. The van der Waals surface area contributed by atoms with Gasteiger partial charge in [-0.3, -0.25) is 9.59 Å². The molecule has 0 aliphatic carbocycles. The number of fused-ring (bicyclic) bond motifs is 1. The summed E-state index contributed by atoms with van der Waals surface area (Å²) in [5, 5.41) is 2.26. The SMILES string of the molecule is CCCc1ccc(-c2c(C(F)(F)F)oc3cc(OCC(=O)Nc4ccccc4F)ccc3c2=O)cc1. The number of anilines is 1. The van der Waals surface area contributed by atoms with E-state index in [9.17, 15) is 27.2 Å². The molecule has 3 aromatic carbocycles. The summed E-state index contributed by atoms with van der Waals surface area (Å²) in [4.78, 5) is 25.2. The molecule has 0 unspecified atom stereocenters. The van der Waals surface area contributed by atoms with Gasteiger partial charge in [0.15, 0.2) is 6.61 Å². The van der Waals surface area contributed by atoms with Gasteiger partial charge >= 0.3 is 6.18 Å². The van der Waals surface area contributed by atoms with Crippen LogP contribution in [0, 0.1) is 5.82 Å². The van der Waals surface area contributed by atoms with Gasteiger partial charge in [0.05, 0.1) is 16.6 Å². The molecule has 36 heavy (non-hydrogen) atoms. The van der Waals surface area contributed by atoms with Gasteiger partial charge < -0.3 is 14.5 Å². The summed E-state index contributed by atoms with van der Waals surface area (Å²) in [6.07, 6.45) is -3.29. The molecule has 4 aromatic rings. The van der Waals surface area contributed by atoms with Gasteiger partial charge in [-0.05, 0) is 41.8 Å². The lowest BCUT2D eigenvalue weighted by atomic mass is 9.99. The summed E-state index contributed by atoms with van der Waals surface area (Å²) < 4.78 is 65.8. The molecule has 0 aliphatic heterocycles. The van der Waals surface area contributed by atoms with Crippen molar-refractivity contribution in [2.45, 2.75) is 25.9 Å². The molecule has 0 bridgehead atoms. The van der Waals surface area contributed by atoms with Crippen LogP contribution in [0.3, 0.4) is 0 Å². The first-order chi connectivity index (χ1) is 17.2. The van der Waals surface area contributed by atoms with Crippen molar-refractivity contribution in [1.29, 1.82) is 0 Å². The molecule has 1 amide bonds. The van der Waals surface area contributed by atoms with E-state index in [1.807, 2.05) is 6.92 Å². The predicted octanol–water partition coefficient (Wildman–Crippen LogP) is 6.59. The Bertz CT molecular complexity index is 1460. The first kappa shape index (κ1) is 25.0. The Balaban J connectivity index is 1.64. The first-order valence-electron chi connectivity index (χ1n) is 11.1. The number of amides is 1. The lowest BCUT2D eigenvalue weighted by Gasteiger charge is -2.14. The topological polar surface area (TPSA) is 68.5 Å². The summed E-state index contributed by atoms with van der Waals surface area (Å²) in [7, 11) is 0. The molecule has 1 aromatic heterocycles. The lowest BCUT2D eigenvalue weighted by molar-refractivity contribution is -0.152. The van der Waals surface area contributed by atoms with Gasteiger partial charge in [-0.1, -0.05) is 49.7 Å². The molecule has 9 heteroatoms. The molecule has 0 saturated heterocycles. The molecular formula is C27H21F4NO4. The van der Waals surface area contributed by atoms with Crippen molar-refractivity contribution >= 4 is 22.6 Å². The average Bonchev–Trinajstić information content (AvgIpc) is 2.84. The maximum Gasteiger partial charge on any atom is 0.450 e. The van der Waals surface area contributed by atoms with Gasteiger partial charge in [-0.25, -0.2) is 4.39 Å². The number of benzene rings is 3. The standard InChI is InChI=1S/C27H21F4NO4/c1-2-5-16-8-10-17(11-9-16)24-25(34)19-13-12-18(14-22(19)36-26(24)27(29,30)31)35-15-23(33)32-21-7-4-3-6-20(21)28/h3-4,6-14H,2,5,15H2,1H3,(H,32,33). The van der Waals surface area contributed by atoms with Crippen LogP contribution in [0.15, 0.2) is 75.9 Å². The van der Waals surface area contributed by atoms with Crippen molar-refractivity contribution < 1.29 is 31.5 Å². The Hall–Kier alpha value is -4.14. The molecule has 1 N–H and O–H groups in total. The number of hydrogen-bond acceptors (Lipinski definition) is 4. The second-order valence-electron chi connectivity index (χ2n) is 8.05. The first-order valence-corrected chi connectivity index (χ1v) is 11.1. The number of carbonyl (C=O) groups is 1. The molecule has 0 fully saturated rings. The fourth-order valence-electron chi connectivity index (χ4n) is 3.75. The fraction of sp³-hybridized carbons (Fsp3) is 0.185. The van der Waals surface area contributed by atoms with E-state index in [1.165, 1.54) is 48.5 Å². The minimum Gasteiger partial charge on any atom is -0.484 e. The van der Waals surface area contributed by atoms with E-state index in [1.54, 1.807) is 12.1 Å². The molecule has 0 spiro atoms. The number of halogens is 4. The number of alkyl halides is 3. The molecule has 0 atom stereocenters. The smallest absolute Gasteiger partial charge is 0.450 e. The number of aryl methyl sites for hydroxylation is 1. The van der Waals surface area contributed by atoms with Gasteiger partial charge in [0.2, 0.25) is 11.2 Å². The number of rotatable bonds is 7. The summed E-state index contributed by atoms with van der Waals surface area (Å²) in [5.74, 6) is -2.73. The molecule has 5 nitrogen and oxygen atoms in total. The zero-order chi connectivity index (χ0) is 25.9. The van der Waals surface area contributed by atoms with Crippen LogP contribution in [-0.2, 0) is 17.4 Å². The van der Waals surface area contributed by atoms with Crippen LogP contribution in [0.4, 0.5) is 23.2 Å². The maximum atomic E-state index is 13.9. The average molecular weight is 499 g/mol. The molecule has 4 rings (SSSR count). The van der Waals surface area contributed by atoms with E-state index < -0.39 is 41.3 Å². The van der Waals surface area contributed by atoms with E-state index in [4.69, 9.17) is 9.15 Å². The second kappa shape index (κ2) is 10.2. The van der Waals surface area contributed by atoms with Crippen molar-refractivity contribution in [2.24, 2.45) is 0 Å². The van der Waals surface area contributed by atoms with E-state index >= 15 is 0 Å². The monoisotopic (exact) mass is 499 g/mol. The fourth-order valence-corrected chi connectivity index (χ4v) is 3.75. The summed E-state index contributed by atoms with van der Waals surface area (Å²) >= 11 is 0. The zero-order valence-electron chi connectivity index (χ0n) is 19.1. The lowest BCUT2D eigenvalue weighted by Crippen LogP contribution is -2.20. The van der Waals surface area contributed by atoms with Crippen molar-refractivity contribution in [2.75, 3.05) is 11.9 Å². The van der Waals surface area contributed by atoms with Crippen LogP contribution >= 0.6 is 0 Å². The number of hydrogen-bond donors (Lipinski definition) is 1. The van der Waals surface area contributed by atoms with Crippen molar-refractivity contribution in [1.82, 2.24) is 0 Å². The van der Waals surface area contributed by atoms with Crippen molar-refractivity contribution in [3.63, 3.8) is 0 Å². The number of ether oxygens (including phenoxy) is 1. The molecule has 1 heterocycles. The van der Waals surface area contributed by atoms with Gasteiger partial charge in [0.25, 0.3) is 5.91 Å². The van der Waals surface area contributed by atoms with Crippen LogP contribution in [0.1, 0.15) is 24.7 Å². The third-order valence-electron chi connectivity index (χ3n) is 5.42. The minimum atomic E-state index is -4.93. The minimum absolute atomic E-state index is 0.000809. The van der Waals surface area contributed by atoms with Crippen LogP contribution < -0.4 is 15.5 Å². The van der Waals surface area contributed by atoms with Gasteiger partial charge in [0, 0.05) is 6.07 Å². The molecular weight excluding hydrogens is 478 g/mol. The highest BCUT2D eigenvalue weighted by Gasteiger charge is 2.39. The third-order valence-corrected chi connectivity index (χ3v) is 5.42.